The molecule has 0 aromatic heterocycles. The van der Waals surface area contributed by atoms with Gasteiger partial charge in [0.25, 0.3) is 0 Å². The molecule has 0 atom stereocenters. The van der Waals surface area contributed by atoms with E-state index >= 15 is 0 Å². The quantitative estimate of drug-likeness (QED) is 0.689. The van der Waals surface area contributed by atoms with Crippen molar-refractivity contribution in [3.8, 4) is 5.75 Å². The lowest BCUT2D eigenvalue weighted by Crippen LogP contribution is -2.39. The van der Waals surface area contributed by atoms with Crippen molar-refractivity contribution < 1.29 is 17.9 Å². The van der Waals surface area contributed by atoms with Gasteiger partial charge in [0.1, 0.15) is 5.75 Å². The fraction of sp³-hybridized carbons (Fsp3) is 0.316. The third kappa shape index (κ3) is 6.86. The summed E-state index contributed by atoms with van der Waals surface area (Å²) in [4.78, 5) is 12.2. The Hall–Kier alpha value is -2.09. The minimum Gasteiger partial charge on any atom is -0.494 e. The van der Waals surface area contributed by atoms with Gasteiger partial charge in [-0.2, -0.15) is 4.31 Å². The number of nitrogens with zero attached hydrogens (tertiary/aromatic N) is 1. The molecule has 1 N–H and O–H groups in total. The minimum absolute atomic E-state index is 0.0367. The first-order valence-electron chi connectivity index (χ1n) is 8.46. The van der Waals surface area contributed by atoms with Crippen molar-refractivity contribution in [2.75, 3.05) is 19.4 Å². The van der Waals surface area contributed by atoms with Crippen molar-refractivity contribution in [2.24, 2.45) is 0 Å². The number of benzene rings is 2. The van der Waals surface area contributed by atoms with Crippen LogP contribution in [-0.2, 0) is 27.9 Å². The van der Waals surface area contributed by atoms with Crippen LogP contribution in [0.25, 0.3) is 0 Å². The average Bonchev–Trinajstić information content (AvgIpc) is 2.62. The van der Waals surface area contributed by atoms with E-state index in [2.05, 4.69) is 5.32 Å². The smallest absolute Gasteiger partial charge is 0.235 e. The average molecular weight is 411 g/mol. The highest BCUT2D eigenvalue weighted by Crippen LogP contribution is 2.18. The van der Waals surface area contributed by atoms with Crippen molar-refractivity contribution >= 4 is 27.5 Å². The normalized spacial score (nSPS) is 11.4. The molecule has 6 nitrogen and oxygen atoms in total. The standard InChI is InChI=1S/C19H23ClN2O4S/c1-3-26-17-10-8-15(9-11-17)12-21-19(23)14-22(27(2,24)25)13-16-6-4-5-7-18(16)20/h4-11H,3,12-14H2,1-2H3,(H,21,23). The van der Waals surface area contributed by atoms with Crippen LogP contribution in [0.2, 0.25) is 5.02 Å². The topological polar surface area (TPSA) is 75.7 Å². The zero-order chi connectivity index (χ0) is 19.9. The molecule has 0 unspecified atom stereocenters. The summed E-state index contributed by atoms with van der Waals surface area (Å²) in [5.41, 5.74) is 1.53. The van der Waals surface area contributed by atoms with Crippen molar-refractivity contribution in [1.82, 2.24) is 9.62 Å². The molecule has 2 aromatic rings. The van der Waals surface area contributed by atoms with Gasteiger partial charge in [-0.15, -0.1) is 0 Å². The van der Waals surface area contributed by atoms with Gasteiger partial charge >= 0.3 is 0 Å². The molecule has 0 saturated carbocycles. The molecule has 0 aliphatic heterocycles. The van der Waals surface area contributed by atoms with E-state index in [1.807, 2.05) is 31.2 Å². The number of hydrogen-bond donors (Lipinski definition) is 1. The lowest BCUT2D eigenvalue weighted by atomic mass is 10.2. The van der Waals surface area contributed by atoms with Crippen molar-refractivity contribution in [3.05, 3.63) is 64.7 Å². The number of carbonyl (C=O) groups excluding carboxylic acids is 1. The van der Waals surface area contributed by atoms with Gasteiger partial charge in [0, 0.05) is 18.1 Å². The van der Waals surface area contributed by atoms with Crippen LogP contribution in [-0.4, -0.2) is 38.0 Å². The van der Waals surface area contributed by atoms with Gasteiger partial charge in [-0.25, -0.2) is 8.42 Å². The number of carbonyl (C=O) groups is 1. The van der Waals surface area contributed by atoms with Crippen LogP contribution in [0.3, 0.4) is 0 Å². The Morgan fingerprint density at radius 1 is 1.15 bits per heavy atom. The van der Waals surface area contributed by atoms with Crippen molar-refractivity contribution in [3.63, 3.8) is 0 Å². The predicted molar refractivity (Wildman–Crippen MR) is 106 cm³/mol. The molecule has 8 heteroatoms. The molecule has 0 saturated heterocycles. The van der Waals surface area contributed by atoms with Crippen molar-refractivity contribution in [1.29, 1.82) is 0 Å². The second-order valence-corrected chi connectivity index (χ2v) is 8.37. The van der Waals surface area contributed by atoms with Gasteiger partial charge in [0.15, 0.2) is 0 Å². The van der Waals surface area contributed by atoms with Crippen molar-refractivity contribution in [2.45, 2.75) is 20.0 Å². The molecule has 0 bridgehead atoms. The maximum absolute atomic E-state index is 12.2. The van der Waals surface area contributed by atoms with E-state index < -0.39 is 10.0 Å². The lowest BCUT2D eigenvalue weighted by Gasteiger charge is -2.20. The van der Waals surface area contributed by atoms with Crippen LogP contribution in [0.4, 0.5) is 0 Å². The molecule has 0 radical (unpaired) electrons. The van der Waals surface area contributed by atoms with E-state index in [0.717, 1.165) is 21.9 Å². The molecule has 0 spiro atoms. The van der Waals surface area contributed by atoms with E-state index in [9.17, 15) is 13.2 Å². The first-order valence-corrected chi connectivity index (χ1v) is 10.7. The Bertz CT molecular complexity index is 870. The van der Waals surface area contributed by atoms with E-state index in [4.69, 9.17) is 16.3 Å². The van der Waals surface area contributed by atoms with E-state index in [-0.39, 0.29) is 19.0 Å². The third-order valence-electron chi connectivity index (χ3n) is 3.82. The maximum atomic E-state index is 12.2. The summed E-state index contributed by atoms with van der Waals surface area (Å²) in [5, 5.41) is 3.19. The summed E-state index contributed by atoms with van der Waals surface area (Å²) in [6.07, 6.45) is 1.07. The zero-order valence-electron chi connectivity index (χ0n) is 15.3. The molecule has 0 fully saturated rings. The van der Waals surface area contributed by atoms with E-state index in [1.165, 1.54) is 0 Å². The molecular weight excluding hydrogens is 388 g/mol. The molecule has 2 aromatic carbocycles. The van der Waals surface area contributed by atoms with Gasteiger partial charge in [-0.05, 0) is 36.2 Å². The molecule has 1 amide bonds. The fourth-order valence-corrected chi connectivity index (χ4v) is 3.31. The highest BCUT2D eigenvalue weighted by molar-refractivity contribution is 7.88. The number of rotatable bonds is 9. The first kappa shape index (κ1) is 21.2. The largest absolute Gasteiger partial charge is 0.494 e. The van der Waals surface area contributed by atoms with Gasteiger partial charge in [-0.1, -0.05) is 41.9 Å². The highest BCUT2D eigenvalue weighted by atomic mass is 35.5. The number of nitrogens with one attached hydrogen (secondary N) is 1. The maximum Gasteiger partial charge on any atom is 0.235 e. The Labute approximate surface area is 165 Å². The van der Waals surface area contributed by atoms with Gasteiger partial charge in [0.2, 0.25) is 15.9 Å². The fourth-order valence-electron chi connectivity index (χ4n) is 2.39. The second-order valence-electron chi connectivity index (χ2n) is 5.98. The summed E-state index contributed by atoms with van der Waals surface area (Å²) < 4.78 is 30.6. The molecular formula is C19H23ClN2O4S. The number of amides is 1. The number of sulfonamides is 1. The highest BCUT2D eigenvalue weighted by Gasteiger charge is 2.21. The minimum atomic E-state index is -3.57. The second kappa shape index (κ2) is 9.73. The Morgan fingerprint density at radius 3 is 2.41 bits per heavy atom. The molecule has 0 aliphatic rings. The van der Waals surface area contributed by atoms with E-state index in [1.54, 1.807) is 24.3 Å². The lowest BCUT2D eigenvalue weighted by molar-refractivity contribution is -0.121. The van der Waals surface area contributed by atoms with Crippen LogP contribution in [0, 0.1) is 0 Å². The summed E-state index contributed by atoms with van der Waals surface area (Å²) >= 11 is 6.10. The van der Waals surface area contributed by atoms with Crippen LogP contribution < -0.4 is 10.1 Å². The third-order valence-corrected chi connectivity index (χ3v) is 5.38. The first-order chi connectivity index (χ1) is 12.8. The predicted octanol–water partition coefficient (Wildman–Crippen LogP) is 2.82. The molecule has 0 aliphatic carbocycles. The van der Waals surface area contributed by atoms with Gasteiger partial charge in [-0.3, -0.25) is 4.79 Å². The molecule has 27 heavy (non-hydrogen) atoms. The van der Waals surface area contributed by atoms with Crippen LogP contribution in [0.5, 0.6) is 5.75 Å². The monoisotopic (exact) mass is 410 g/mol. The summed E-state index contributed by atoms with van der Waals surface area (Å²) in [5.74, 6) is 0.372. The number of halogens is 1. The summed E-state index contributed by atoms with van der Waals surface area (Å²) in [6.45, 7) is 2.55. The number of hydrogen-bond acceptors (Lipinski definition) is 4. The molecule has 0 heterocycles. The number of ether oxygens (including phenoxy) is 1. The van der Waals surface area contributed by atoms with Crippen LogP contribution in [0.15, 0.2) is 48.5 Å². The van der Waals surface area contributed by atoms with Crippen LogP contribution >= 0.6 is 11.6 Å². The summed E-state index contributed by atoms with van der Waals surface area (Å²) in [6, 6.07) is 14.3. The van der Waals surface area contributed by atoms with E-state index in [0.29, 0.717) is 23.7 Å². The van der Waals surface area contributed by atoms with Gasteiger partial charge < -0.3 is 10.1 Å². The molecule has 2 rings (SSSR count). The SMILES string of the molecule is CCOc1ccc(CNC(=O)CN(Cc2ccccc2Cl)S(C)(=O)=O)cc1. The van der Waals surface area contributed by atoms with Gasteiger partial charge in [0.05, 0.1) is 19.4 Å². The Morgan fingerprint density at radius 2 is 1.81 bits per heavy atom. The zero-order valence-corrected chi connectivity index (χ0v) is 16.9. The van der Waals surface area contributed by atoms with Crippen LogP contribution in [0.1, 0.15) is 18.1 Å². The Kier molecular flexibility index (Phi) is 7.65. The summed E-state index contributed by atoms with van der Waals surface area (Å²) in [7, 11) is -3.57. The Balaban J connectivity index is 1.96. The molecule has 146 valence electrons.